The highest BCUT2D eigenvalue weighted by molar-refractivity contribution is 5.16. The number of aliphatic hydroxyl groups is 1. The van der Waals surface area contributed by atoms with Crippen molar-refractivity contribution in [2.75, 3.05) is 13.2 Å². The summed E-state index contributed by atoms with van der Waals surface area (Å²) in [5, 5.41) is 28.9. The number of fused-ring (bicyclic) bond motifs is 8. The third-order valence-corrected chi connectivity index (χ3v) is 6.42. The molecule has 5 rings (SSSR count). The normalized spacial score (nSPS) is 14.9. The molecule has 180 valence electrons. The van der Waals surface area contributed by atoms with E-state index in [2.05, 4.69) is 56.9 Å². The van der Waals surface area contributed by atoms with Gasteiger partial charge in [-0.3, -0.25) is 14.3 Å². The number of hydrogen-bond donors (Lipinski definition) is 1. The average Bonchev–Trinajstić information content (AvgIpc) is 3.50. The molecular weight excluding hydrogens is 430 g/mol. The highest BCUT2D eigenvalue weighted by atomic mass is 16.3. The fraction of sp³-hybridized carbons (Fsp3) is 0.500. The van der Waals surface area contributed by atoms with E-state index in [1.807, 2.05) is 18.7 Å². The van der Waals surface area contributed by atoms with Crippen LogP contribution in [0.3, 0.4) is 0 Å². The molecule has 10 nitrogen and oxygen atoms in total. The van der Waals surface area contributed by atoms with Gasteiger partial charge in [0.2, 0.25) is 0 Å². The van der Waals surface area contributed by atoms with Crippen LogP contribution in [0.25, 0.3) is 0 Å². The standard InChI is InChI=1S/C24H33N9O/c1-17-8-21-12-29(6-5-7-34)13-22-9-18(2)31(26-22)15-24-11-20(4)33(28-24)16-32-19(3)10-23(27-32)14-30(17)25-21/h8-11,34H,5-7,12-16H2,1-4H3. The van der Waals surface area contributed by atoms with Crippen molar-refractivity contribution in [3.63, 3.8) is 0 Å². The molecular formula is C24H33N9O. The Labute approximate surface area is 199 Å². The van der Waals surface area contributed by atoms with Gasteiger partial charge in [-0.2, -0.15) is 20.4 Å². The van der Waals surface area contributed by atoms with Gasteiger partial charge in [0.15, 0.2) is 0 Å². The van der Waals surface area contributed by atoms with Gasteiger partial charge in [0.1, 0.15) is 6.67 Å². The van der Waals surface area contributed by atoms with E-state index in [4.69, 9.17) is 20.4 Å². The lowest BCUT2D eigenvalue weighted by Gasteiger charge is -2.19. The monoisotopic (exact) mass is 463 g/mol. The van der Waals surface area contributed by atoms with Crippen molar-refractivity contribution in [3.05, 3.63) is 69.8 Å². The molecule has 34 heavy (non-hydrogen) atoms. The second kappa shape index (κ2) is 9.19. The summed E-state index contributed by atoms with van der Waals surface area (Å²) in [6.07, 6.45) is 0.715. The Morgan fingerprint density at radius 3 is 1.44 bits per heavy atom. The van der Waals surface area contributed by atoms with Gasteiger partial charge in [0.05, 0.1) is 35.9 Å². The predicted octanol–water partition coefficient (Wildman–Crippen LogP) is 2.01. The molecule has 0 atom stereocenters. The predicted molar refractivity (Wildman–Crippen MR) is 127 cm³/mol. The van der Waals surface area contributed by atoms with Crippen LogP contribution in [0.2, 0.25) is 0 Å². The van der Waals surface area contributed by atoms with Crippen molar-refractivity contribution < 1.29 is 5.11 Å². The molecule has 0 saturated carbocycles. The SMILES string of the molecule is Cc1cc2nn1Cc1cc(C)n(n1)Cn1nc(cc1C)Cn1nc(cc1C)CN(CCCO)C2. The van der Waals surface area contributed by atoms with E-state index >= 15 is 0 Å². The van der Waals surface area contributed by atoms with Gasteiger partial charge >= 0.3 is 0 Å². The molecule has 0 fully saturated rings. The van der Waals surface area contributed by atoms with Gasteiger partial charge in [0.25, 0.3) is 0 Å². The van der Waals surface area contributed by atoms with Crippen molar-refractivity contribution >= 4 is 0 Å². The molecule has 0 radical (unpaired) electrons. The smallest absolute Gasteiger partial charge is 0.133 e. The number of hydrogen-bond acceptors (Lipinski definition) is 6. The van der Waals surface area contributed by atoms with Crippen molar-refractivity contribution in [1.82, 2.24) is 44.0 Å². The van der Waals surface area contributed by atoms with Crippen molar-refractivity contribution in [2.24, 2.45) is 0 Å². The summed E-state index contributed by atoms with van der Waals surface area (Å²) in [4.78, 5) is 2.30. The Morgan fingerprint density at radius 1 is 0.618 bits per heavy atom. The molecule has 1 N–H and O–H groups in total. The van der Waals surface area contributed by atoms with Gasteiger partial charge in [-0.05, 0) is 58.4 Å². The van der Waals surface area contributed by atoms with Crippen LogP contribution >= 0.6 is 0 Å². The van der Waals surface area contributed by atoms with E-state index in [1.54, 1.807) is 0 Å². The number of nitrogens with zero attached hydrogens (tertiary/aromatic N) is 9. The minimum Gasteiger partial charge on any atom is -0.396 e. The molecule has 10 heteroatoms. The third kappa shape index (κ3) is 4.69. The van der Waals surface area contributed by atoms with Crippen molar-refractivity contribution in [1.29, 1.82) is 0 Å². The van der Waals surface area contributed by atoms with E-state index in [0.717, 1.165) is 52.1 Å². The molecule has 1 aliphatic rings. The van der Waals surface area contributed by atoms with Crippen LogP contribution in [-0.2, 0) is 32.8 Å². The van der Waals surface area contributed by atoms with E-state index in [1.165, 1.54) is 0 Å². The lowest BCUT2D eigenvalue weighted by Crippen LogP contribution is -2.25. The molecule has 1 aliphatic heterocycles. The first-order valence-electron chi connectivity index (χ1n) is 11.8. The zero-order chi connectivity index (χ0) is 23.8. The summed E-state index contributed by atoms with van der Waals surface area (Å²) in [5.74, 6) is 0. The fourth-order valence-electron chi connectivity index (χ4n) is 4.63. The number of rotatable bonds is 3. The first kappa shape index (κ1) is 22.5. The van der Waals surface area contributed by atoms with E-state index < -0.39 is 0 Å². The maximum Gasteiger partial charge on any atom is 0.133 e. The van der Waals surface area contributed by atoms with Crippen LogP contribution in [0, 0.1) is 27.7 Å². The lowest BCUT2D eigenvalue weighted by molar-refractivity contribution is 0.208. The Morgan fingerprint density at radius 2 is 1.00 bits per heavy atom. The molecule has 0 aliphatic carbocycles. The minimum atomic E-state index is 0.168. The summed E-state index contributed by atoms with van der Waals surface area (Å²) >= 11 is 0. The Hall–Kier alpha value is -3.24. The Balaban J connectivity index is 1.54. The average molecular weight is 464 g/mol. The summed E-state index contributed by atoms with van der Waals surface area (Å²) in [5.41, 5.74) is 8.40. The van der Waals surface area contributed by atoms with Gasteiger partial charge in [-0.1, -0.05) is 0 Å². The Bertz CT molecular complexity index is 1200. The largest absolute Gasteiger partial charge is 0.396 e. The van der Waals surface area contributed by atoms with Crippen LogP contribution < -0.4 is 0 Å². The topological polar surface area (TPSA) is 94.8 Å². The van der Waals surface area contributed by atoms with Crippen molar-refractivity contribution in [3.8, 4) is 0 Å². The summed E-state index contributed by atoms with van der Waals surface area (Å²) in [6.45, 7) is 12.5. The molecule has 0 saturated heterocycles. The fourth-order valence-corrected chi connectivity index (χ4v) is 4.63. The van der Waals surface area contributed by atoms with E-state index in [0.29, 0.717) is 39.3 Å². The summed E-state index contributed by atoms with van der Waals surface area (Å²) < 4.78 is 8.03. The molecule has 4 aromatic heterocycles. The maximum absolute atomic E-state index is 9.42. The maximum atomic E-state index is 9.42. The van der Waals surface area contributed by atoms with Crippen molar-refractivity contribution in [2.45, 2.75) is 67.0 Å². The van der Waals surface area contributed by atoms with Crippen LogP contribution in [0.5, 0.6) is 0 Å². The highest BCUT2D eigenvalue weighted by Crippen LogP contribution is 2.16. The molecule has 8 bridgehead atoms. The van der Waals surface area contributed by atoms with Gasteiger partial charge in [0, 0.05) is 49.0 Å². The van der Waals surface area contributed by atoms with Crippen LogP contribution in [0.1, 0.15) is 52.0 Å². The molecule has 0 amide bonds. The Kier molecular flexibility index (Phi) is 6.09. The van der Waals surface area contributed by atoms with Gasteiger partial charge in [-0.25, -0.2) is 9.36 Å². The molecule has 4 aromatic rings. The molecule has 0 unspecified atom stereocenters. The quantitative estimate of drug-likeness (QED) is 0.499. The molecule has 5 heterocycles. The minimum absolute atomic E-state index is 0.168. The van der Waals surface area contributed by atoms with Gasteiger partial charge < -0.3 is 5.11 Å². The van der Waals surface area contributed by atoms with Crippen LogP contribution in [0.4, 0.5) is 0 Å². The van der Waals surface area contributed by atoms with Gasteiger partial charge in [-0.15, -0.1) is 0 Å². The zero-order valence-electron chi connectivity index (χ0n) is 20.4. The first-order valence-corrected chi connectivity index (χ1v) is 11.8. The second-order valence-electron chi connectivity index (χ2n) is 9.35. The number of aliphatic hydroxyl groups excluding tert-OH is 1. The molecule has 0 aromatic carbocycles. The van der Waals surface area contributed by atoms with Crippen LogP contribution in [-0.4, -0.2) is 62.3 Å². The number of aryl methyl sites for hydroxylation is 4. The van der Waals surface area contributed by atoms with E-state index in [9.17, 15) is 5.11 Å². The molecule has 0 spiro atoms. The first-order chi connectivity index (χ1) is 16.4. The summed E-state index contributed by atoms with van der Waals surface area (Å²) in [7, 11) is 0. The number of aromatic nitrogens is 8. The third-order valence-electron chi connectivity index (χ3n) is 6.42. The summed E-state index contributed by atoms with van der Waals surface area (Å²) in [6, 6.07) is 8.53. The van der Waals surface area contributed by atoms with E-state index in [-0.39, 0.29) is 6.61 Å². The zero-order valence-corrected chi connectivity index (χ0v) is 20.4. The lowest BCUT2D eigenvalue weighted by atomic mass is 10.3. The second-order valence-corrected chi connectivity index (χ2v) is 9.35. The highest BCUT2D eigenvalue weighted by Gasteiger charge is 2.16. The van der Waals surface area contributed by atoms with Crippen LogP contribution in [0.15, 0.2) is 24.3 Å².